The second kappa shape index (κ2) is 9.37. The van der Waals surface area contributed by atoms with Crippen LogP contribution in [0.2, 0.25) is 5.02 Å². The highest BCUT2D eigenvalue weighted by atomic mass is 35.5. The largest absolute Gasteiger partial charge is 0.497 e. The number of aromatic nitrogens is 1. The summed E-state index contributed by atoms with van der Waals surface area (Å²) in [7, 11) is 5.56. The van der Waals surface area contributed by atoms with Crippen LogP contribution in [0.1, 0.15) is 10.4 Å². The normalized spacial score (nSPS) is 10.7. The molecule has 0 atom stereocenters. The molecular formula is C19H21Cl2N3O2S. The molecule has 0 N–H and O–H groups in total. The number of benzene rings is 2. The quantitative estimate of drug-likeness (QED) is 0.579. The zero-order valence-corrected chi connectivity index (χ0v) is 17.7. The number of likely N-dealkylation sites (N-methyl/N-ethyl adjacent to an activating group) is 1. The van der Waals surface area contributed by atoms with Gasteiger partial charge in [0.05, 0.1) is 17.3 Å². The van der Waals surface area contributed by atoms with E-state index in [1.54, 1.807) is 36.3 Å². The highest BCUT2D eigenvalue weighted by Gasteiger charge is 2.21. The Labute approximate surface area is 173 Å². The Hall–Kier alpha value is -1.86. The summed E-state index contributed by atoms with van der Waals surface area (Å²) in [6, 6.07) is 12.7. The molecule has 1 aromatic heterocycles. The molecule has 0 aliphatic heterocycles. The van der Waals surface area contributed by atoms with Gasteiger partial charge in [0.2, 0.25) is 0 Å². The summed E-state index contributed by atoms with van der Waals surface area (Å²) >= 11 is 7.55. The molecule has 8 heteroatoms. The summed E-state index contributed by atoms with van der Waals surface area (Å²) in [6.45, 7) is 1.28. The zero-order chi connectivity index (χ0) is 18.7. The number of carbonyl (C=O) groups is 1. The lowest BCUT2D eigenvalue weighted by molar-refractivity contribution is 0.0985. The van der Waals surface area contributed by atoms with Crippen molar-refractivity contribution in [3.8, 4) is 5.75 Å². The standard InChI is InChI=1S/C19H20ClN3O2S.ClH/c1-22(2)10-11-23(18(24)13-4-7-15(25-3)8-5-13)19-21-16-9-6-14(20)12-17(16)26-19;/h4-9,12H,10-11H2,1-3H3;1H. The van der Waals surface area contributed by atoms with Gasteiger partial charge in [-0.05, 0) is 56.6 Å². The minimum absolute atomic E-state index is 0. The van der Waals surface area contributed by atoms with Gasteiger partial charge in [-0.25, -0.2) is 4.98 Å². The molecule has 3 aromatic rings. The molecule has 1 amide bonds. The molecule has 0 saturated heterocycles. The Kier molecular flexibility index (Phi) is 7.44. The van der Waals surface area contributed by atoms with Crippen LogP contribution in [0.15, 0.2) is 42.5 Å². The number of amides is 1. The molecule has 0 aliphatic rings. The van der Waals surface area contributed by atoms with E-state index in [1.165, 1.54) is 11.3 Å². The number of thiazole rings is 1. The van der Waals surface area contributed by atoms with Gasteiger partial charge in [-0.2, -0.15) is 0 Å². The Morgan fingerprint density at radius 3 is 2.48 bits per heavy atom. The Morgan fingerprint density at radius 2 is 1.85 bits per heavy atom. The second-order valence-electron chi connectivity index (χ2n) is 6.10. The minimum Gasteiger partial charge on any atom is -0.497 e. The summed E-state index contributed by atoms with van der Waals surface area (Å²) in [5.41, 5.74) is 1.44. The van der Waals surface area contributed by atoms with Crippen LogP contribution in [-0.4, -0.2) is 50.1 Å². The van der Waals surface area contributed by atoms with Crippen molar-refractivity contribution in [1.29, 1.82) is 0 Å². The van der Waals surface area contributed by atoms with Crippen LogP contribution in [0.4, 0.5) is 5.13 Å². The number of hydrogen-bond acceptors (Lipinski definition) is 5. The van der Waals surface area contributed by atoms with Gasteiger partial charge in [-0.3, -0.25) is 9.69 Å². The van der Waals surface area contributed by atoms with Crippen LogP contribution >= 0.6 is 35.3 Å². The van der Waals surface area contributed by atoms with Crippen molar-refractivity contribution in [2.75, 3.05) is 39.2 Å². The lowest BCUT2D eigenvalue weighted by Crippen LogP contribution is -2.36. The van der Waals surface area contributed by atoms with Gasteiger partial charge in [-0.15, -0.1) is 12.4 Å². The Balaban J connectivity index is 0.00000261. The highest BCUT2D eigenvalue weighted by Crippen LogP contribution is 2.31. The molecule has 0 spiro atoms. The van der Waals surface area contributed by atoms with Crippen LogP contribution in [0, 0.1) is 0 Å². The fourth-order valence-electron chi connectivity index (χ4n) is 2.48. The summed E-state index contributed by atoms with van der Waals surface area (Å²) in [6.07, 6.45) is 0. The van der Waals surface area contributed by atoms with Gasteiger partial charge in [0.25, 0.3) is 5.91 Å². The number of fused-ring (bicyclic) bond motifs is 1. The monoisotopic (exact) mass is 425 g/mol. The van der Waals surface area contributed by atoms with Crippen molar-refractivity contribution in [3.63, 3.8) is 0 Å². The summed E-state index contributed by atoms with van der Waals surface area (Å²) in [5.74, 6) is 0.635. The number of nitrogens with zero attached hydrogens (tertiary/aromatic N) is 3. The van der Waals surface area contributed by atoms with Crippen molar-refractivity contribution in [2.24, 2.45) is 0 Å². The zero-order valence-electron chi connectivity index (χ0n) is 15.3. The van der Waals surface area contributed by atoms with Crippen molar-refractivity contribution in [3.05, 3.63) is 53.1 Å². The van der Waals surface area contributed by atoms with Crippen molar-refractivity contribution >= 4 is 56.6 Å². The molecule has 0 aliphatic carbocycles. The third-order valence-corrected chi connectivity index (χ3v) is 5.20. The van der Waals surface area contributed by atoms with E-state index in [4.69, 9.17) is 16.3 Å². The SMILES string of the molecule is COc1ccc(C(=O)N(CCN(C)C)c2nc3ccc(Cl)cc3s2)cc1.Cl. The maximum Gasteiger partial charge on any atom is 0.260 e. The van der Waals surface area contributed by atoms with Crippen molar-refractivity contribution in [1.82, 2.24) is 9.88 Å². The third kappa shape index (κ3) is 5.11. The highest BCUT2D eigenvalue weighted by molar-refractivity contribution is 7.22. The van der Waals surface area contributed by atoms with Crippen LogP contribution in [0.3, 0.4) is 0 Å². The van der Waals surface area contributed by atoms with E-state index in [0.29, 0.717) is 22.3 Å². The number of hydrogen-bond donors (Lipinski definition) is 0. The Bertz CT molecular complexity index is 913. The summed E-state index contributed by atoms with van der Waals surface area (Å²) < 4.78 is 6.13. The molecule has 0 unspecified atom stereocenters. The average Bonchev–Trinajstić information content (AvgIpc) is 3.04. The van der Waals surface area contributed by atoms with E-state index >= 15 is 0 Å². The third-order valence-electron chi connectivity index (χ3n) is 3.92. The fourth-order valence-corrected chi connectivity index (χ4v) is 3.74. The van der Waals surface area contributed by atoms with E-state index in [-0.39, 0.29) is 18.3 Å². The van der Waals surface area contributed by atoms with E-state index in [0.717, 1.165) is 22.5 Å². The molecule has 3 rings (SSSR count). The van der Waals surface area contributed by atoms with Crippen molar-refractivity contribution < 1.29 is 9.53 Å². The lowest BCUT2D eigenvalue weighted by atomic mass is 10.2. The van der Waals surface area contributed by atoms with Crippen LogP contribution in [-0.2, 0) is 0 Å². The first-order valence-corrected chi connectivity index (χ1v) is 9.34. The number of methoxy groups -OCH3 is 1. The van der Waals surface area contributed by atoms with Crippen molar-refractivity contribution in [2.45, 2.75) is 0 Å². The van der Waals surface area contributed by atoms with Crippen LogP contribution in [0.25, 0.3) is 10.2 Å². The molecule has 27 heavy (non-hydrogen) atoms. The average molecular weight is 426 g/mol. The predicted octanol–water partition coefficient (Wildman–Crippen LogP) is 4.59. The van der Waals surface area contributed by atoms with E-state index in [1.807, 2.05) is 37.2 Å². The predicted molar refractivity (Wildman–Crippen MR) is 115 cm³/mol. The van der Waals surface area contributed by atoms with E-state index in [2.05, 4.69) is 4.98 Å². The smallest absolute Gasteiger partial charge is 0.260 e. The maximum absolute atomic E-state index is 13.1. The van der Waals surface area contributed by atoms with Crippen LogP contribution in [0.5, 0.6) is 5.75 Å². The fraction of sp³-hybridized carbons (Fsp3) is 0.263. The number of ether oxygens (including phenoxy) is 1. The molecule has 2 aromatic carbocycles. The topological polar surface area (TPSA) is 45.7 Å². The van der Waals surface area contributed by atoms with Gasteiger partial charge >= 0.3 is 0 Å². The molecule has 0 fully saturated rings. The molecule has 0 radical (unpaired) electrons. The Morgan fingerprint density at radius 1 is 1.15 bits per heavy atom. The molecule has 1 heterocycles. The van der Waals surface area contributed by atoms with Gasteiger partial charge in [0.15, 0.2) is 5.13 Å². The summed E-state index contributed by atoms with van der Waals surface area (Å²) in [4.78, 5) is 21.5. The van der Waals surface area contributed by atoms with Gasteiger partial charge in [0, 0.05) is 23.7 Å². The molecule has 0 saturated carbocycles. The molecule has 5 nitrogen and oxygen atoms in total. The van der Waals surface area contributed by atoms with E-state index < -0.39 is 0 Å². The van der Waals surface area contributed by atoms with Gasteiger partial charge in [0.1, 0.15) is 5.75 Å². The summed E-state index contributed by atoms with van der Waals surface area (Å²) in [5, 5.41) is 1.33. The molecular weight excluding hydrogens is 405 g/mol. The van der Waals surface area contributed by atoms with E-state index in [9.17, 15) is 4.79 Å². The number of carbonyl (C=O) groups excluding carboxylic acids is 1. The first kappa shape index (κ1) is 21.4. The number of halogens is 2. The lowest BCUT2D eigenvalue weighted by Gasteiger charge is -2.22. The second-order valence-corrected chi connectivity index (χ2v) is 7.54. The van der Waals surface area contributed by atoms with Gasteiger partial charge < -0.3 is 9.64 Å². The molecule has 0 bridgehead atoms. The number of rotatable bonds is 6. The first-order valence-electron chi connectivity index (χ1n) is 8.14. The minimum atomic E-state index is -0.0837. The maximum atomic E-state index is 13.1. The molecule has 144 valence electrons. The van der Waals surface area contributed by atoms with Crippen LogP contribution < -0.4 is 9.64 Å². The first-order chi connectivity index (χ1) is 12.5. The van der Waals surface area contributed by atoms with Gasteiger partial charge in [-0.1, -0.05) is 22.9 Å². The number of anilines is 1.